The lowest BCUT2D eigenvalue weighted by molar-refractivity contribution is 0.413. The molecule has 0 amide bonds. The molecular formula is C14H26BrN3. The minimum atomic E-state index is 0.535. The number of halogens is 1. The summed E-state index contributed by atoms with van der Waals surface area (Å²) in [5.41, 5.74) is 2.41. The van der Waals surface area contributed by atoms with E-state index in [1.807, 2.05) is 0 Å². The molecule has 1 rings (SSSR count). The first-order valence-electron chi connectivity index (χ1n) is 6.94. The molecule has 0 aromatic carbocycles. The molecule has 0 aliphatic heterocycles. The third kappa shape index (κ3) is 4.09. The summed E-state index contributed by atoms with van der Waals surface area (Å²) in [4.78, 5) is 0. The summed E-state index contributed by atoms with van der Waals surface area (Å²) < 4.78 is 3.29. The van der Waals surface area contributed by atoms with Crippen LogP contribution in [0.15, 0.2) is 4.47 Å². The van der Waals surface area contributed by atoms with E-state index in [4.69, 9.17) is 0 Å². The fourth-order valence-corrected chi connectivity index (χ4v) is 2.84. The number of nitrogens with one attached hydrogen (secondary N) is 1. The highest BCUT2D eigenvalue weighted by atomic mass is 79.9. The summed E-state index contributed by atoms with van der Waals surface area (Å²) in [6.07, 6.45) is 2.25. The lowest BCUT2D eigenvalue weighted by Gasteiger charge is -2.20. The molecule has 0 saturated heterocycles. The minimum Gasteiger partial charge on any atom is -0.314 e. The van der Waals surface area contributed by atoms with E-state index >= 15 is 0 Å². The van der Waals surface area contributed by atoms with Crippen molar-refractivity contribution in [3.63, 3.8) is 0 Å². The van der Waals surface area contributed by atoms with Crippen LogP contribution in [0.1, 0.15) is 45.5 Å². The summed E-state index contributed by atoms with van der Waals surface area (Å²) in [5.74, 6) is 0.715. The highest BCUT2D eigenvalue weighted by molar-refractivity contribution is 9.10. The van der Waals surface area contributed by atoms with Crippen LogP contribution in [0.3, 0.4) is 0 Å². The van der Waals surface area contributed by atoms with E-state index in [2.05, 4.69) is 65.6 Å². The zero-order valence-corrected chi connectivity index (χ0v) is 13.8. The van der Waals surface area contributed by atoms with Crippen LogP contribution >= 0.6 is 15.9 Å². The van der Waals surface area contributed by atoms with Gasteiger partial charge in [-0.05, 0) is 48.7 Å². The Morgan fingerprint density at radius 3 is 2.50 bits per heavy atom. The predicted molar refractivity (Wildman–Crippen MR) is 81.0 cm³/mol. The average Bonchev–Trinajstić information content (AvgIpc) is 2.56. The summed E-state index contributed by atoms with van der Waals surface area (Å²) in [7, 11) is 0. The van der Waals surface area contributed by atoms with E-state index in [0.29, 0.717) is 12.0 Å². The van der Waals surface area contributed by atoms with E-state index in [-0.39, 0.29) is 0 Å². The van der Waals surface area contributed by atoms with Crippen LogP contribution in [0.25, 0.3) is 0 Å². The van der Waals surface area contributed by atoms with Gasteiger partial charge in [-0.1, -0.05) is 20.8 Å². The van der Waals surface area contributed by atoms with Crippen molar-refractivity contribution in [2.75, 3.05) is 6.54 Å². The third-order valence-electron chi connectivity index (χ3n) is 3.14. The molecule has 0 spiro atoms. The smallest absolute Gasteiger partial charge is 0.0738 e. The number of rotatable bonds is 7. The first kappa shape index (κ1) is 15.7. The molecule has 4 heteroatoms. The molecule has 18 heavy (non-hydrogen) atoms. The fraction of sp³-hybridized carbons (Fsp3) is 0.786. The van der Waals surface area contributed by atoms with Crippen molar-refractivity contribution in [2.24, 2.45) is 5.92 Å². The van der Waals surface area contributed by atoms with Gasteiger partial charge in [0.1, 0.15) is 0 Å². The van der Waals surface area contributed by atoms with Crippen molar-refractivity contribution in [1.82, 2.24) is 15.1 Å². The third-order valence-corrected chi connectivity index (χ3v) is 4.17. The minimum absolute atomic E-state index is 0.535. The molecule has 0 fully saturated rings. The van der Waals surface area contributed by atoms with Gasteiger partial charge in [0.25, 0.3) is 0 Å². The molecule has 1 N–H and O–H groups in total. The van der Waals surface area contributed by atoms with Crippen LogP contribution in [0.5, 0.6) is 0 Å². The first-order chi connectivity index (χ1) is 8.49. The van der Waals surface area contributed by atoms with Gasteiger partial charge < -0.3 is 5.32 Å². The van der Waals surface area contributed by atoms with Crippen LogP contribution < -0.4 is 5.32 Å². The highest BCUT2D eigenvalue weighted by Gasteiger charge is 2.17. The molecule has 104 valence electrons. The predicted octanol–water partition coefficient (Wildman–Crippen LogP) is 3.54. The van der Waals surface area contributed by atoms with Crippen LogP contribution in [-0.2, 0) is 13.0 Å². The SMILES string of the molecule is CCNC(Cc1c(Br)c(C)nn1CC)CC(C)C. The Labute approximate surface area is 119 Å². The lowest BCUT2D eigenvalue weighted by atomic mass is 9.99. The Hall–Kier alpha value is -0.350. The maximum Gasteiger partial charge on any atom is 0.0738 e. The zero-order chi connectivity index (χ0) is 13.7. The number of nitrogens with zero attached hydrogens (tertiary/aromatic N) is 2. The summed E-state index contributed by atoms with van der Waals surface area (Å²) in [5, 5.41) is 8.15. The van der Waals surface area contributed by atoms with Crippen molar-refractivity contribution in [1.29, 1.82) is 0 Å². The fourth-order valence-electron chi connectivity index (χ4n) is 2.39. The van der Waals surface area contributed by atoms with E-state index in [1.165, 1.54) is 16.6 Å². The van der Waals surface area contributed by atoms with Gasteiger partial charge in [-0.2, -0.15) is 5.10 Å². The molecule has 0 aliphatic rings. The molecule has 1 aromatic rings. The Morgan fingerprint density at radius 2 is 2.00 bits per heavy atom. The van der Waals surface area contributed by atoms with Gasteiger partial charge in [0.15, 0.2) is 0 Å². The van der Waals surface area contributed by atoms with E-state index in [9.17, 15) is 0 Å². The number of likely N-dealkylation sites (N-methyl/N-ethyl adjacent to an activating group) is 1. The van der Waals surface area contributed by atoms with Gasteiger partial charge in [0.2, 0.25) is 0 Å². The van der Waals surface area contributed by atoms with E-state index < -0.39 is 0 Å². The number of aromatic nitrogens is 2. The van der Waals surface area contributed by atoms with Gasteiger partial charge in [-0.3, -0.25) is 4.68 Å². The molecular weight excluding hydrogens is 290 g/mol. The number of hydrogen-bond acceptors (Lipinski definition) is 2. The van der Waals surface area contributed by atoms with Gasteiger partial charge in [-0.25, -0.2) is 0 Å². The Kier molecular flexibility index (Phi) is 6.36. The Morgan fingerprint density at radius 1 is 1.33 bits per heavy atom. The molecule has 3 nitrogen and oxygen atoms in total. The Balaban J connectivity index is 2.85. The van der Waals surface area contributed by atoms with Crippen molar-refractivity contribution in [3.05, 3.63) is 15.9 Å². The van der Waals surface area contributed by atoms with Crippen molar-refractivity contribution in [3.8, 4) is 0 Å². The molecule has 0 saturated carbocycles. The molecule has 1 atom stereocenters. The van der Waals surface area contributed by atoms with Crippen LogP contribution in [0, 0.1) is 12.8 Å². The highest BCUT2D eigenvalue weighted by Crippen LogP contribution is 2.23. The van der Waals surface area contributed by atoms with Gasteiger partial charge in [-0.15, -0.1) is 0 Å². The van der Waals surface area contributed by atoms with Gasteiger partial charge >= 0.3 is 0 Å². The summed E-state index contributed by atoms with van der Waals surface area (Å²) >= 11 is 3.68. The molecule has 1 aromatic heterocycles. The largest absolute Gasteiger partial charge is 0.314 e. The average molecular weight is 316 g/mol. The topological polar surface area (TPSA) is 29.9 Å². The zero-order valence-electron chi connectivity index (χ0n) is 12.3. The molecule has 1 heterocycles. The Bertz CT molecular complexity index is 371. The molecule has 1 unspecified atom stereocenters. The van der Waals surface area contributed by atoms with E-state index in [0.717, 1.165) is 25.2 Å². The van der Waals surface area contributed by atoms with E-state index in [1.54, 1.807) is 0 Å². The van der Waals surface area contributed by atoms with Crippen molar-refractivity contribution < 1.29 is 0 Å². The second-order valence-electron chi connectivity index (χ2n) is 5.25. The monoisotopic (exact) mass is 315 g/mol. The van der Waals surface area contributed by atoms with Gasteiger partial charge in [0.05, 0.1) is 15.9 Å². The first-order valence-corrected chi connectivity index (χ1v) is 7.73. The quantitative estimate of drug-likeness (QED) is 0.834. The molecule has 0 radical (unpaired) electrons. The van der Waals surface area contributed by atoms with Crippen LogP contribution in [0.2, 0.25) is 0 Å². The number of aryl methyl sites for hydroxylation is 2. The molecule has 0 aliphatic carbocycles. The summed E-state index contributed by atoms with van der Waals surface area (Å²) in [6, 6.07) is 0.535. The maximum absolute atomic E-state index is 4.56. The normalized spacial score (nSPS) is 13.3. The van der Waals surface area contributed by atoms with Crippen LogP contribution in [0.4, 0.5) is 0 Å². The van der Waals surface area contributed by atoms with Crippen molar-refractivity contribution >= 4 is 15.9 Å². The summed E-state index contributed by atoms with van der Waals surface area (Å²) in [6.45, 7) is 12.9. The molecule has 0 bridgehead atoms. The second kappa shape index (κ2) is 7.29. The standard InChI is InChI=1S/C14H26BrN3/c1-6-16-12(8-10(3)4)9-13-14(15)11(5)17-18(13)7-2/h10,12,16H,6-9H2,1-5H3. The second-order valence-corrected chi connectivity index (χ2v) is 6.04. The number of hydrogen-bond donors (Lipinski definition) is 1. The lowest BCUT2D eigenvalue weighted by Crippen LogP contribution is -2.33. The van der Waals surface area contributed by atoms with Gasteiger partial charge in [0, 0.05) is 19.0 Å². The maximum atomic E-state index is 4.56. The van der Waals surface area contributed by atoms with Crippen molar-refractivity contribution in [2.45, 2.75) is 60.0 Å². The van der Waals surface area contributed by atoms with Crippen LogP contribution in [-0.4, -0.2) is 22.4 Å².